The van der Waals surface area contributed by atoms with E-state index in [1.165, 1.54) is 0 Å². The van der Waals surface area contributed by atoms with E-state index in [2.05, 4.69) is 10.3 Å². The number of nitrogens with one attached hydrogen (secondary N) is 1. The van der Waals surface area contributed by atoms with E-state index in [9.17, 15) is 4.79 Å². The number of rotatable bonds is 7. The monoisotopic (exact) mass is 403 g/mol. The van der Waals surface area contributed by atoms with Gasteiger partial charge in [0.2, 0.25) is 11.8 Å². The van der Waals surface area contributed by atoms with E-state index in [1.807, 2.05) is 19.1 Å². The number of nitriles is 1. The van der Waals surface area contributed by atoms with Gasteiger partial charge in [-0.15, -0.1) is 0 Å². The number of carbonyl (C=O) groups is 1. The quantitative estimate of drug-likeness (QED) is 0.634. The Morgan fingerprint density at radius 2 is 1.90 bits per heavy atom. The topological polar surface area (TPSA) is 93.5 Å². The normalized spacial score (nSPS) is 10.1. The molecule has 1 aromatic heterocycles. The highest BCUT2D eigenvalue weighted by Crippen LogP contribution is 2.29. The fourth-order valence-electron chi connectivity index (χ4n) is 2.88. The number of aromatic nitrogens is 1. The van der Waals surface area contributed by atoms with E-state index >= 15 is 0 Å². The number of ether oxygens (including phenoxy) is 3. The van der Waals surface area contributed by atoms with Crippen molar-refractivity contribution in [2.24, 2.45) is 0 Å². The average Bonchev–Trinajstić information content (AvgIpc) is 2.76. The van der Waals surface area contributed by atoms with E-state index in [-0.39, 0.29) is 18.2 Å². The van der Waals surface area contributed by atoms with Crippen molar-refractivity contribution in [2.45, 2.75) is 13.3 Å². The zero-order valence-electron chi connectivity index (χ0n) is 16.9. The molecule has 0 atom stereocenters. The average molecular weight is 403 g/mol. The lowest BCUT2D eigenvalue weighted by Crippen LogP contribution is -2.15. The fourth-order valence-corrected chi connectivity index (χ4v) is 2.88. The smallest absolute Gasteiger partial charge is 0.237 e. The standard InChI is InChI=1S/C23H21N3O4/c1-15-11-18(30-23-17(14-24)5-4-10-25-23)7-8-19(15)26-22(27)13-16-6-9-20(28-2)21(12-16)29-3/h4-12H,13H2,1-3H3,(H,26,27). The van der Waals surface area contributed by atoms with Crippen LogP contribution in [-0.2, 0) is 11.2 Å². The van der Waals surface area contributed by atoms with Crippen molar-refractivity contribution in [3.63, 3.8) is 0 Å². The molecule has 0 saturated carbocycles. The van der Waals surface area contributed by atoms with E-state index in [0.717, 1.165) is 11.1 Å². The van der Waals surface area contributed by atoms with Gasteiger partial charge in [0.25, 0.3) is 0 Å². The SMILES string of the molecule is COc1ccc(CC(=O)Nc2ccc(Oc3ncccc3C#N)cc2C)cc1OC. The highest BCUT2D eigenvalue weighted by molar-refractivity contribution is 5.93. The first-order chi connectivity index (χ1) is 14.5. The Balaban J connectivity index is 1.68. The third kappa shape index (κ3) is 4.86. The zero-order chi connectivity index (χ0) is 21.5. The summed E-state index contributed by atoms with van der Waals surface area (Å²) >= 11 is 0. The molecule has 3 rings (SSSR count). The van der Waals surface area contributed by atoms with Gasteiger partial charge in [0.05, 0.1) is 20.6 Å². The molecule has 2 aromatic carbocycles. The second kappa shape index (κ2) is 9.43. The molecule has 0 spiro atoms. The minimum Gasteiger partial charge on any atom is -0.493 e. The number of benzene rings is 2. The predicted octanol–water partition coefficient (Wildman–Crippen LogP) is 4.25. The Kier molecular flexibility index (Phi) is 6.50. The summed E-state index contributed by atoms with van der Waals surface area (Å²) in [6.45, 7) is 1.86. The first kappa shape index (κ1) is 20.7. The molecule has 7 nitrogen and oxygen atoms in total. The summed E-state index contributed by atoms with van der Waals surface area (Å²) in [6.07, 6.45) is 1.75. The van der Waals surface area contributed by atoms with Crippen molar-refractivity contribution in [3.8, 4) is 29.2 Å². The maximum atomic E-state index is 12.5. The number of hydrogen-bond donors (Lipinski definition) is 1. The Bertz CT molecular complexity index is 1110. The molecule has 1 heterocycles. The lowest BCUT2D eigenvalue weighted by atomic mass is 10.1. The van der Waals surface area contributed by atoms with Crippen molar-refractivity contribution < 1.29 is 19.0 Å². The number of pyridine rings is 1. The second-order valence-electron chi connectivity index (χ2n) is 6.46. The Morgan fingerprint density at radius 1 is 1.10 bits per heavy atom. The van der Waals surface area contributed by atoms with Gasteiger partial charge in [0, 0.05) is 11.9 Å². The lowest BCUT2D eigenvalue weighted by Gasteiger charge is -2.12. The van der Waals surface area contributed by atoms with Crippen LogP contribution in [0.25, 0.3) is 0 Å². The summed E-state index contributed by atoms with van der Waals surface area (Å²) < 4.78 is 16.2. The van der Waals surface area contributed by atoms with Crippen molar-refractivity contribution in [1.82, 2.24) is 4.98 Å². The van der Waals surface area contributed by atoms with E-state index in [0.29, 0.717) is 28.5 Å². The first-order valence-electron chi connectivity index (χ1n) is 9.18. The van der Waals surface area contributed by atoms with Crippen molar-refractivity contribution in [2.75, 3.05) is 19.5 Å². The summed E-state index contributed by atoms with van der Waals surface area (Å²) in [5.74, 6) is 1.80. The number of methoxy groups -OCH3 is 2. The highest BCUT2D eigenvalue weighted by Gasteiger charge is 2.11. The molecule has 0 radical (unpaired) electrons. The fraction of sp³-hybridized carbons (Fsp3) is 0.174. The molecule has 0 fully saturated rings. The summed E-state index contributed by atoms with van der Waals surface area (Å²) in [4.78, 5) is 16.6. The van der Waals surface area contributed by atoms with Crippen molar-refractivity contribution in [1.29, 1.82) is 5.26 Å². The summed E-state index contributed by atoms with van der Waals surface area (Å²) in [5, 5.41) is 12.0. The molecule has 3 aromatic rings. The Hall–Kier alpha value is -4.05. The van der Waals surface area contributed by atoms with Gasteiger partial charge in [-0.25, -0.2) is 4.98 Å². The molecule has 7 heteroatoms. The summed E-state index contributed by atoms with van der Waals surface area (Å²) in [5.41, 5.74) is 2.65. The molecule has 1 amide bonds. The Morgan fingerprint density at radius 3 is 2.60 bits per heavy atom. The molecule has 0 unspecified atom stereocenters. The van der Waals surface area contributed by atoms with E-state index in [1.54, 1.807) is 62.9 Å². The number of nitrogens with zero attached hydrogens (tertiary/aromatic N) is 2. The van der Waals surface area contributed by atoms with Crippen LogP contribution >= 0.6 is 0 Å². The third-order valence-electron chi connectivity index (χ3n) is 4.39. The predicted molar refractivity (Wildman–Crippen MR) is 112 cm³/mol. The van der Waals surface area contributed by atoms with E-state index in [4.69, 9.17) is 19.5 Å². The van der Waals surface area contributed by atoms with Gasteiger partial charge in [-0.2, -0.15) is 5.26 Å². The first-order valence-corrected chi connectivity index (χ1v) is 9.18. The molecule has 0 saturated heterocycles. The molecule has 0 aliphatic carbocycles. The molecular weight excluding hydrogens is 382 g/mol. The molecule has 0 aliphatic heterocycles. The largest absolute Gasteiger partial charge is 0.493 e. The van der Waals surface area contributed by atoms with Crippen LogP contribution in [-0.4, -0.2) is 25.1 Å². The molecular formula is C23H21N3O4. The maximum absolute atomic E-state index is 12.5. The third-order valence-corrected chi connectivity index (χ3v) is 4.39. The van der Waals surface area contributed by atoms with Gasteiger partial charge < -0.3 is 19.5 Å². The van der Waals surface area contributed by atoms with Gasteiger partial charge in [-0.3, -0.25) is 4.79 Å². The zero-order valence-corrected chi connectivity index (χ0v) is 16.9. The van der Waals surface area contributed by atoms with Gasteiger partial charge in [0.1, 0.15) is 17.4 Å². The number of aryl methyl sites for hydroxylation is 1. The minimum absolute atomic E-state index is 0.157. The van der Waals surface area contributed by atoms with E-state index < -0.39 is 0 Å². The van der Waals surface area contributed by atoms with Crippen molar-refractivity contribution >= 4 is 11.6 Å². The van der Waals surface area contributed by atoms with Crippen LogP contribution in [0.1, 0.15) is 16.7 Å². The highest BCUT2D eigenvalue weighted by atomic mass is 16.5. The van der Waals surface area contributed by atoms with Crippen LogP contribution < -0.4 is 19.5 Å². The number of carbonyl (C=O) groups excluding carboxylic acids is 1. The number of hydrogen-bond acceptors (Lipinski definition) is 6. The van der Waals surface area contributed by atoms with Gasteiger partial charge in [-0.1, -0.05) is 6.07 Å². The minimum atomic E-state index is -0.157. The van der Waals surface area contributed by atoms with Crippen molar-refractivity contribution in [3.05, 3.63) is 71.4 Å². The Labute approximate surface area is 174 Å². The molecule has 0 aliphatic rings. The van der Waals surface area contributed by atoms with Crippen LogP contribution in [0.3, 0.4) is 0 Å². The summed E-state index contributed by atoms with van der Waals surface area (Å²) in [6, 6.07) is 16.0. The lowest BCUT2D eigenvalue weighted by molar-refractivity contribution is -0.115. The molecule has 1 N–H and O–H groups in total. The van der Waals surface area contributed by atoms with Gasteiger partial charge in [0.15, 0.2) is 11.5 Å². The van der Waals surface area contributed by atoms with Crippen LogP contribution in [0.15, 0.2) is 54.7 Å². The van der Waals surface area contributed by atoms with Crippen LogP contribution in [0.2, 0.25) is 0 Å². The summed E-state index contributed by atoms with van der Waals surface area (Å²) in [7, 11) is 3.12. The molecule has 30 heavy (non-hydrogen) atoms. The number of amides is 1. The van der Waals surface area contributed by atoms with Crippen LogP contribution in [0.4, 0.5) is 5.69 Å². The van der Waals surface area contributed by atoms with Gasteiger partial charge in [-0.05, 0) is 60.5 Å². The molecule has 152 valence electrons. The van der Waals surface area contributed by atoms with Crippen LogP contribution in [0.5, 0.6) is 23.1 Å². The second-order valence-corrected chi connectivity index (χ2v) is 6.46. The van der Waals surface area contributed by atoms with Gasteiger partial charge >= 0.3 is 0 Å². The molecule has 0 bridgehead atoms. The van der Waals surface area contributed by atoms with Crippen LogP contribution in [0, 0.1) is 18.3 Å². The maximum Gasteiger partial charge on any atom is 0.237 e. The number of anilines is 1.